The van der Waals surface area contributed by atoms with Gasteiger partial charge < -0.3 is 5.11 Å². The van der Waals surface area contributed by atoms with Crippen molar-refractivity contribution < 1.29 is 5.11 Å². The average Bonchev–Trinajstić information content (AvgIpc) is 3.04. The second kappa shape index (κ2) is 5.47. The van der Waals surface area contributed by atoms with Gasteiger partial charge in [-0.25, -0.2) is 0 Å². The molecule has 1 atom stereocenters. The molecule has 0 saturated carbocycles. The normalized spacial score (nSPS) is 16.3. The van der Waals surface area contributed by atoms with Crippen LogP contribution < -0.4 is 0 Å². The summed E-state index contributed by atoms with van der Waals surface area (Å²) in [5.41, 5.74) is 2.58. The highest BCUT2D eigenvalue weighted by Crippen LogP contribution is 2.33. The van der Waals surface area contributed by atoms with Gasteiger partial charge >= 0.3 is 0 Å². The second-order valence-electron chi connectivity index (χ2n) is 5.23. The van der Waals surface area contributed by atoms with E-state index in [1.807, 2.05) is 17.1 Å². The Bertz CT molecular complexity index is 535. The van der Waals surface area contributed by atoms with E-state index >= 15 is 0 Å². The monoisotopic (exact) mass is 276 g/mol. The minimum atomic E-state index is -0.384. The Balaban J connectivity index is 1.72. The van der Waals surface area contributed by atoms with Gasteiger partial charge in [0.2, 0.25) is 0 Å². The average molecular weight is 276 g/mol. The molecule has 0 amide bonds. The smallest absolute Gasteiger partial charge is 0.0923 e. The number of nitrogens with zero attached hydrogens (tertiary/aromatic N) is 2. The molecule has 0 fully saturated rings. The van der Waals surface area contributed by atoms with Crippen LogP contribution in [0.2, 0.25) is 0 Å². The van der Waals surface area contributed by atoms with Crippen molar-refractivity contribution in [3.05, 3.63) is 39.3 Å². The van der Waals surface area contributed by atoms with Gasteiger partial charge in [-0.15, -0.1) is 11.3 Å². The molecule has 2 aromatic heterocycles. The predicted molar refractivity (Wildman–Crippen MR) is 77.5 cm³/mol. The Morgan fingerprint density at radius 2 is 2.26 bits per heavy atom. The number of hydrogen-bond acceptors (Lipinski definition) is 3. The first-order chi connectivity index (χ1) is 9.26. The van der Waals surface area contributed by atoms with Gasteiger partial charge in [0.25, 0.3) is 0 Å². The van der Waals surface area contributed by atoms with E-state index in [1.165, 1.54) is 36.1 Å². The largest absolute Gasteiger partial charge is 0.387 e. The van der Waals surface area contributed by atoms with Crippen LogP contribution in [0.3, 0.4) is 0 Å². The molecule has 1 aliphatic rings. The Hall–Kier alpha value is -1.13. The lowest BCUT2D eigenvalue weighted by atomic mass is 9.98. The summed E-state index contributed by atoms with van der Waals surface area (Å²) in [7, 11) is 0. The summed E-state index contributed by atoms with van der Waals surface area (Å²) in [5, 5.41) is 14.6. The molecular formula is C15H20N2OS. The SMILES string of the molecule is CCn1cc(CC(O)c2cc3c(s2)CCCC3)cn1. The molecule has 1 unspecified atom stereocenters. The fraction of sp³-hybridized carbons (Fsp3) is 0.533. The van der Waals surface area contributed by atoms with E-state index in [-0.39, 0.29) is 6.10 Å². The molecule has 2 heterocycles. The van der Waals surface area contributed by atoms with Gasteiger partial charge in [-0.3, -0.25) is 4.68 Å². The molecule has 0 saturated heterocycles. The molecule has 0 radical (unpaired) electrons. The summed E-state index contributed by atoms with van der Waals surface area (Å²) in [6, 6.07) is 2.22. The molecule has 4 heteroatoms. The zero-order valence-electron chi connectivity index (χ0n) is 11.3. The molecule has 0 aliphatic heterocycles. The van der Waals surface area contributed by atoms with Crippen LogP contribution >= 0.6 is 11.3 Å². The molecule has 19 heavy (non-hydrogen) atoms. The summed E-state index contributed by atoms with van der Waals surface area (Å²) in [6.07, 6.45) is 9.14. The molecule has 3 nitrogen and oxygen atoms in total. The van der Waals surface area contributed by atoms with Crippen LogP contribution in [-0.4, -0.2) is 14.9 Å². The Morgan fingerprint density at radius 3 is 3.00 bits per heavy atom. The number of aromatic nitrogens is 2. The van der Waals surface area contributed by atoms with E-state index in [2.05, 4.69) is 18.1 Å². The van der Waals surface area contributed by atoms with Gasteiger partial charge in [0.15, 0.2) is 0 Å². The van der Waals surface area contributed by atoms with Crippen LogP contribution in [0.1, 0.15) is 46.8 Å². The summed E-state index contributed by atoms with van der Waals surface area (Å²) in [5.74, 6) is 0. The summed E-state index contributed by atoms with van der Waals surface area (Å²) >= 11 is 1.80. The van der Waals surface area contributed by atoms with Crippen LogP contribution in [0.15, 0.2) is 18.5 Å². The van der Waals surface area contributed by atoms with Gasteiger partial charge in [0.05, 0.1) is 12.3 Å². The third kappa shape index (κ3) is 2.74. The lowest BCUT2D eigenvalue weighted by Crippen LogP contribution is -1.99. The fourth-order valence-corrected chi connectivity index (χ4v) is 3.93. The third-order valence-electron chi connectivity index (χ3n) is 3.78. The van der Waals surface area contributed by atoms with Crippen molar-refractivity contribution in [3.8, 4) is 0 Å². The number of rotatable bonds is 4. The number of aliphatic hydroxyl groups is 1. The van der Waals surface area contributed by atoms with E-state index in [4.69, 9.17) is 0 Å². The van der Waals surface area contributed by atoms with Crippen LogP contribution in [0.5, 0.6) is 0 Å². The summed E-state index contributed by atoms with van der Waals surface area (Å²) < 4.78 is 1.90. The number of aryl methyl sites for hydroxylation is 3. The second-order valence-corrected chi connectivity index (χ2v) is 6.40. The number of hydrogen-bond donors (Lipinski definition) is 1. The van der Waals surface area contributed by atoms with Crippen molar-refractivity contribution in [1.82, 2.24) is 9.78 Å². The first kappa shape index (κ1) is 12.9. The van der Waals surface area contributed by atoms with E-state index in [1.54, 1.807) is 11.3 Å². The quantitative estimate of drug-likeness (QED) is 0.931. The van der Waals surface area contributed by atoms with Crippen molar-refractivity contribution in [3.63, 3.8) is 0 Å². The van der Waals surface area contributed by atoms with E-state index < -0.39 is 0 Å². The fourth-order valence-electron chi connectivity index (χ4n) is 2.69. The Morgan fingerprint density at radius 1 is 1.42 bits per heavy atom. The topological polar surface area (TPSA) is 38.0 Å². The van der Waals surface area contributed by atoms with Gasteiger partial charge in [-0.05, 0) is 49.8 Å². The minimum Gasteiger partial charge on any atom is -0.387 e. The Kier molecular flexibility index (Phi) is 3.71. The minimum absolute atomic E-state index is 0.384. The maximum Gasteiger partial charge on any atom is 0.0923 e. The van der Waals surface area contributed by atoms with E-state index in [9.17, 15) is 5.11 Å². The maximum absolute atomic E-state index is 10.4. The summed E-state index contributed by atoms with van der Waals surface area (Å²) in [4.78, 5) is 2.61. The van der Waals surface area contributed by atoms with E-state index in [0.29, 0.717) is 6.42 Å². The number of thiophene rings is 1. The van der Waals surface area contributed by atoms with Crippen LogP contribution in [0, 0.1) is 0 Å². The number of fused-ring (bicyclic) bond motifs is 1. The van der Waals surface area contributed by atoms with Gasteiger partial charge in [-0.2, -0.15) is 5.10 Å². The van der Waals surface area contributed by atoms with Gasteiger partial charge in [-0.1, -0.05) is 0 Å². The molecule has 1 aliphatic carbocycles. The molecule has 1 N–H and O–H groups in total. The molecule has 2 aromatic rings. The van der Waals surface area contributed by atoms with Crippen molar-refractivity contribution >= 4 is 11.3 Å². The lowest BCUT2D eigenvalue weighted by molar-refractivity contribution is 0.182. The molecule has 0 spiro atoms. The molecule has 0 aromatic carbocycles. The maximum atomic E-state index is 10.4. The van der Waals surface area contributed by atoms with Crippen molar-refractivity contribution in [2.45, 2.75) is 51.7 Å². The summed E-state index contributed by atoms with van der Waals surface area (Å²) in [6.45, 7) is 2.95. The standard InChI is InChI=1S/C15H20N2OS/c1-2-17-10-11(9-16-17)7-13(18)15-8-12-5-3-4-6-14(12)19-15/h8-10,13,18H,2-7H2,1H3. The first-order valence-corrected chi connectivity index (χ1v) is 7.88. The van der Waals surface area contributed by atoms with Crippen molar-refractivity contribution in [1.29, 1.82) is 0 Å². The molecule has 3 rings (SSSR count). The van der Waals surface area contributed by atoms with Crippen molar-refractivity contribution in [2.24, 2.45) is 0 Å². The molecular weight excluding hydrogens is 256 g/mol. The van der Waals surface area contributed by atoms with Crippen LogP contribution in [0.25, 0.3) is 0 Å². The first-order valence-electron chi connectivity index (χ1n) is 7.07. The lowest BCUT2D eigenvalue weighted by Gasteiger charge is -2.08. The number of aliphatic hydroxyl groups excluding tert-OH is 1. The zero-order valence-corrected chi connectivity index (χ0v) is 12.1. The molecule has 102 valence electrons. The highest BCUT2D eigenvalue weighted by atomic mass is 32.1. The van der Waals surface area contributed by atoms with Crippen LogP contribution in [-0.2, 0) is 25.8 Å². The van der Waals surface area contributed by atoms with Crippen molar-refractivity contribution in [2.75, 3.05) is 0 Å². The third-order valence-corrected chi connectivity index (χ3v) is 5.12. The highest BCUT2D eigenvalue weighted by Gasteiger charge is 2.18. The van der Waals surface area contributed by atoms with Crippen LogP contribution in [0.4, 0.5) is 0 Å². The Labute approximate surface area is 117 Å². The zero-order chi connectivity index (χ0) is 13.2. The highest BCUT2D eigenvalue weighted by molar-refractivity contribution is 7.12. The predicted octanol–water partition coefficient (Wildman–Crippen LogP) is 3.12. The van der Waals surface area contributed by atoms with E-state index in [0.717, 1.165) is 17.0 Å². The van der Waals surface area contributed by atoms with Gasteiger partial charge in [0, 0.05) is 28.9 Å². The van der Waals surface area contributed by atoms with Gasteiger partial charge in [0.1, 0.15) is 0 Å². The molecule has 0 bridgehead atoms.